The van der Waals surface area contributed by atoms with E-state index in [1.54, 1.807) is 0 Å². The van der Waals surface area contributed by atoms with Gasteiger partial charge in [-0.25, -0.2) is 4.98 Å². The molecule has 1 saturated heterocycles. The summed E-state index contributed by atoms with van der Waals surface area (Å²) in [6.45, 7) is 5.45. The first-order valence-corrected chi connectivity index (χ1v) is 6.62. The molecule has 1 atom stereocenters. The van der Waals surface area contributed by atoms with E-state index in [0.29, 0.717) is 0 Å². The number of anilines is 1. The van der Waals surface area contributed by atoms with Gasteiger partial charge in [0.05, 0.1) is 0 Å². The van der Waals surface area contributed by atoms with Gasteiger partial charge in [-0.15, -0.1) is 0 Å². The van der Waals surface area contributed by atoms with E-state index in [0.717, 1.165) is 22.8 Å². The third-order valence-electron chi connectivity index (χ3n) is 3.07. The van der Waals surface area contributed by atoms with Gasteiger partial charge in [-0.05, 0) is 66.3 Å². The van der Waals surface area contributed by atoms with E-state index in [1.807, 2.05) is 6.20 Å². The van der Waals surface area contributed by atoms with Crippen molar-refractivity contribution in [3.8, 4) is 0 Å². The molecule has 4 heteroatoms. The fourth-order valence-electron chi connectivity index (χ4n) is 2.00. The van der Waals surface area contributed by atoms with Crippen LogP contribution in [0.25, 0.3) is 0 Å². The van der Waals surface area contributed by atoms with Crippen molar-refractivity contribution in [3.05, 3.63) is 22.3 Å². The fraction of sp³-hybridized carbons (Fsp3) is 0.583. The molecule has 0 saturated carbocycles. The summed E-state index contributed by atoms with van der Waals surface area (Å²) in [5.74, 6) is 1.82. The summed E-state index contributed by atoms with van der Waals surface area (Å²) in [5, 5.41) is 6.77. The topological polar surface area (TPSA) is 37.0 Å². The molecule has 1 unspecified atom stereocenters. The van der Waals surface area contributed by atoms with Gasteiger partial charge in [0, 0.05) is 17.2 Å². The van der Waals surface area contributed by atoms with Crippen LogP contribution in [0.1, 0.15) is 18.4 Å². The minimum Gasteiger partial charge on any atom is -0.370 e. The standard InChI is InChI=1S/C12H18BrN3/c1-9-6-12(16-8-11(9)13)15-5-3-10-2-4-14-7-10/h6,8,10,14H,2-5,7H2,1H3,(H,15,16). The third-order valence-corrected chi connectivity index (χ3v) is 3.90. The van der Waals surface area contributed by atoms with Crippen LogP contribution in [0.5, 0.6) is 0 Å². The van der Waals surface area contributed by atoms with E-state index in [9.17, 15) is 0 Å². The fourth-order valence-corrected chi connectivity index (χ4v) is 2.22. The van der Waals surface area contributed by atoms with Gasteiger partial charge in [-0.1, -0.05) is 0 Å². The highest BCUT2D eigenvalue weighted by molar-refractivity contribution is 9.10. The second kappa shape index (κ2) is 5.64. The molecule has 2 heterocycles. The Balaban J connectivity index is 1.78. The second-order valence-electron chi connectivity index (χ2n) is 4.39. The molecule has 16 heavy (non-hydrogen) atoms. The van der Waals surface area contributed by atoms with Gasteiger partial charge in [0.15, 0.2) is 0 Å². The number of halogens is 1. The van der Waals surface area contributed by atoms with Gasteiger partial charge in [0.1, 0.15) is 5.82 Å². The first-order valence-electron chi connectivity index (χ1n) is 5.82. The highest BCUT2D eigenvalue weighted by Gasteiger charge is 2.13. The van der Waals surface area contributed by atoms with Crippen LogP contribution in [0.4, 0.5) is 5.82 Å². The van der Waals surface area contributed by atoms with E-state index in [2.05, 4.69) is 44.5 Å². The van der Waals surface area contributed by atoms with E-state index in [-0.39, 0.29) is 0 Å². The number of hydrogen-bond acceptors (Lipinski definition) is 3. The Morgan fingerprint density at radius 3 is 3.19 bits per heavy atom. The summed E-state index contributed by atoms with van der Waals surface area (Å²) in [6, 6.07) is 2.08. The van der Waals surface area contributed by atoms with Gasteiger partial charge in [0.2, 0.25) is 0 Å². The molecule has 0 aliphatic carbocycles. The Kier molecular flexibility index (Phi) is 4.18. The summed E-state index contributed by atoms with van der Waals surface area (Å²) >= 11 is 3.45. The average Bonchev–Trinajstić information content (AvgIpc) is 2.76. The molecule has 1 aromatic heterocycles. The van der Waals surface area contributed by atoms with Crippen molar-refractivity contribution in [1.82, 2.24) is 10.3 Å². The number of nitrogens with one attached hydrogen (secondary N) is 2. The summed E-state index contributed by atoms with van der Waals surface area (Å²) in [5.41, 5.74) is 1.22. The van der Waals surface area contributed by atoms with Gasteiger partial charge >= 0.3 is 0 Å². The van der Waals surface area contributed by atoms with Crippen molar-refractivity contribution in [2.24, 2.45) is 5.92 Å². The number of aromatic nitrogens is 1. The van der Waals surface area contributed by atoms with Crippen molar-refractivity contribution in [1.29, 1.82) is 0 Å². The largest absolute Gasteiger partial charge is 0.370 e. The molecule has 1 aliphatic rings. The van der Waals surface area contributed by atoms with Crippen molar-refractivity contribution in [3.63, 3.8) is 0 Å². The zero-order valence-corrected chi connectivity index (χ0v) is 11.2. The van der Waals surface area contributed by atoms with Crippen LogP contribution in [0.15, 0.2) is 16.7 Å². The molecule has 0 spiro atoms. The van der Waals surface area contributed by atoms with E-state index in [1.165, 1.54) is 31.5 Å². The lowest BCUT2D eigenvalue weighted by atomic mass is 10.1. The molecular weight excluding hydrogens is 266 g/mol. The van der Waals surface area contributed by atoms with E-state index < -0.39 is 0 Å². The van der Waals surface area contributed by atoms with Crippen molar-refractivity contribution in [2.45, 2.75) is 19.8 Å². The maximum atomic E-state index is 4.33. The molecule has 0 amide bonds. The average molecular weight is 284 g/mol. The van der Waals surface area contributed by atoms with Crippen molar-refractivity contribution in [2.75, 3.05) is 25.0 Å². The molecule has 88 valence electrons. The number of rotatable bonds is 4. The Labute approximate surface area is 105 Å². The Hall–Kier alpha value is -0.610. The molecule has 3 nitrogen and oxygen atoms in total. The van der Waals surface area contributed by atoms with Gasteiger partial charge in [0.25, 0.3) is 0 Å². The zero-order chi connectivity index (χ0) is 11.4. The summed E-state index contributed by atoms with van der Waals surface area (Å²) in [7, 11) is 0. The lowest BCUT2D eigenvalue weighted by Crippen LogP contribution is -2.13. The molecule has 0 aromatic carbocycles. The molecule has 2 N–H and O–H groups in total. The predicted octanol–water partition coefficient (Wildman–Crippen LogP) is 2.56. The minimum absolute atomic E-state index is 0.837. The number of nitrogens with zero attached hydrogens (tertiary/aromatic N) is 1. The third kappa shape index (κ3) is 3.19. The monoisotopic (exact) mass is 283 g/mol. The Morgan fingerprint density at radius 1 is 1.62 bits per heavy atom. The van der Waals surface area contributed by atoms with Crippen LogP contribution >= 0.6 is 15.9 Å². The lowest BCUT2D eigenvalue weighted by Gasteiger charge is -2.10. The molecule has 1 aliphatic heterocycles. The van der Waals surface area contributed by atoms with Crippen LogP contribution < -0.4 is 10.6 Å². The van der Waals surface area contributed by atoms with Crippen LogP contribution in [0.2, 0.25) is 0 Å². The smallest absolute Gasteiger partial charge is 0.126 e. The normalized spacial score (nSPS) is 20.0. The van der Waals surface area contributed by atoms with Crippen LogP contribution in [0, 0.1) is 12.8 Å². The molecule has 0 radical (unpaired) electrons. The summed E-state index contributed by atoms with van der Waals surface area (Å²) < 4.78 is 1.07. The highest BCUT2D eigenvalue weighted by Crippen LogP contribution is 2.18. The quantitative estimate of drug-likeness (QED) is 0.892. The molecule has 2 rings (SSSR count). The second-order valence-corrected chi connectivity index (χ2v) is 5.25. The first-order chi connectivity index (χ1) is 7.75. The number of aryl methyl sites for hydroxylation is 1. The molecular formula is C12H18BrN3. The van der Waals surface area contributed by atoms with Crippen LogP contribution in [-0.4, -0.2) is 24.6 Å². The first kappa shape index (κ1) is 11.9. The zero-order valence-electron chi connectivity index (χ0n) is 9.59. The van der Waals surface area contributed by atoms with E-state index >= 15 is 0 Å². The Morgan fingerprint density at radius 2 is 2.50 bits per heavy atom. The number of hydrogen-bond donors (Lipinski definition) is 2. The lowest BCUT2D eigenvalue weighted by molar-refractivity contribution is 0.549. The maximum absolute atomic E-state index is 4.33. The van der Waals surface area contributed by atoms with Crippen molar-refractivity contribution >= 4 is 21.7 Å². The molecule has 0 bridgehead atoms. The van der Waals surface area contributed by atoms with Crippen molar-refractivity contribution < 1.29 is 0 Å². The predicted molar refractivity (Wildman–Crippen MR) is 70.8 cm³/mol. The summed E-state index contributed by atoms with van der Waals surface area (Å²) in [4.78, 5) is 4.33. The van der Waals surface area contributed by atoms with Crippen LogP contribution in [0.3, 0.4) is 0 Å². The van der Waals surface area contributed by atoms with Gasteiger partial charge in [-0.2, -0.15) is 0 Å². The molecule has 1 aromatic rings. The summed E-state index contributed by atoms with van der Waals surface area (Å²) in [6.07, 6.45) is 4.40. The van der Waals surface area contributed by atoms with Gasteiger partial charge in [-0.3, -0.25) is 0 Å². The van der Waals surface area contributed by atoms with Crippen LogP contribution in [-0.2, 0) is 0 Å². The molecule has 1 fully saturated rings. The minimum atomic E-state index is 0.837. The Bertz CT molecular complexity index is 348. The highest BCUT2D eigenvalue weighted by atomic mass is 79.9. The maximum Gasteiger partial charge on any atom is 0.126 e. The number of pyridine rings is 1. The SMILES string of the molecule is Cc1cc(NCCC2CCNC2)ncc1Br. The van der Waals surface area contributed by atoms with E-state index in [4.69, 9.17) is 0 Å². The van der Waals surface area contributed by atoms with Gasteiger partial charge < -0.3 is 10.6 Å².